The van der Waals surface area contributed by atoms with E-state index in [2.05, 4.69) is 32.9 Å². The van der Waals surface area contributed by atoms with Crippen molar-refractivity contribution in [3.05, 3.63) is 20.9 Å². The zero-order valence-electron chi connectivity index (χ0n) is 5.36. The highest BCUT2D eigenvalue weighted by Gasteiger charge is 2.01. The normalized spacial score (nSPS) is 9.50. The maximum atomic E-state index is 5.86. The van der Waals surface area contributed by atoms with E-state index in [1.807, 2.05) is 6.07 Å². The van der Waals surface area contributed by atoms with Crippen LogP contribution in [0.25, 0.3) is 0 Å². The summed E-state index contributed by atoms with van der Waals surface area (Å²) in [7, 11) is 1.80. The highest BCUT2D eigenvalue weighted by atomic mass is 127. The van der Waals surface area contributed by atoms with Crippen molar-refractivity contribution in [2.75, 3.05) is 12.4 Å². The molecule has 0 aromatic carbocycles. The van der Waals surface area contributed by atoms with Crippen molar-refractivity contribution in [3.8, 4) is 0 Å². The van der Waals surface area contributed by atoms with Gasteiger partial charge in [0.25, 0.3) is 0 Å². The van der Waals surface area contributed by atoms with Crippen LogP contribution in [0.4, 0.5) is 5.82 Å². The van der Waals surface area contributed by atoms with Crippen LogP contribution in [0.5, 0.6) is 0 Å². The SMILES string of the molecule is CNc1nccc(I)c1Cl. The monoisotopic (exact) mass is 268 g/mol. The molecule has 0 unspecified atom stereocenters. The van der Waals surface area contributed by atoms with Gasteiger partial charge in [-0.05, 0) is 28.7 Å². The fraction of sp³-hybridized carbons (Fsp3) is 0.167. The maximum Gasteiger partial charge on any atom is 0.145 e. The van der Waals surface area contributed by atoms with E-state index in [0.29, 0.717) is 5.02 Å². The Morgan fingerprint density at radius 1 is 1.70 bits per heavy atom. The molecule has 1 heterocycles. The first kappa shape index (κ1) is 8.07. The largest absolute Gasteiger partial charge is 0.372 e. The van der Waals surface area contributed by atoms with E-state index in [1.54, 1.807) is 13.2 Å². The second-order valence-corrected chi connectivity index (χ2v) is 3.25. The third-order valence-corrected chi connectivity index (χ3v) is 2.68. The van der Waals surface area contributed by atoms with Crippen LogP contribution in [0.3, 0.4) is 0 Å². The summed E-state index contributed by atoms with van der Waals surface area (Å²) in [5.41, 5.74) is 0. The summed E-state index contributed by atoms with van der Waals surface area (Å²) >= 11 is 8.02. The summed E-state index contributed by atoms with van der Waals surface area (Å²) < 4.78 is 1.01. The first-order chi connectivity index (χ1) is 4.75. The van der Waals surface area contributed by atoms with E-state index >= 15 is 0 Å². The van der Waals surface area contributed by atoms with Gasteiger partial charge in [0, 0.05) is 16.8 Å². The number of hydrogen-bond acceptors (Lipinski definition) is 2. The molecule has 0 bridgehead atoms. The van der Waals surface area contributed by atoms with Crippen LogP contribution in [-0.4, -0.2) is 12.0 Å². The highest BCUT2D eigenvalue weighted by Crippen LogP contribution is 2.23. The molecule has 4 heteroatoms. The van der Waals surface area contributed by atoms with E-state index in [0.717, 1.165) is 9.39 Å². The molecule has 0 fully saturated rings. The summed E-state index contributed by atoms with van der Waals surface area (Å²) in [5.74, 6) is 0.730. The average molecular weight is 268 g/mol. The second-order valence-electron chi connectivity index (χ2n) is 1.71. The zero-order chi connectivity index (χ0) is 7.56. The fourth-order valence-corrected chi connectivity index (χ4v) is 1.22. The minimum atomic E-state index is 0.686. The summed E-state index contributed by atoms with van der Waals surface area (Å²) in [4.78, 5) is 4.01. The molecule has 0 aliphatic rings. The van der Waals surface area contributed by atoms with Gasteiger partial charge in [0.1, 0.15) is 5.82 Å². The molecule has 54 valence electrons. The maximum absolute atomic E-state index is 5.86. The molecule has 1 aromatic heterocycles. The predicted octanol–water partition coefficient (Wildman–Crippen LogP) is 2.38. The Labute approximate surface area is 78.1 Å². The topological polar surface area (TPSA) is 24.9 Å². The standard InChI is InChI=1S/C6H6ClIN2/c1-9-6-5(7)4(8)2-3-10-6/h2-3H,1H3,(H,9,10). The van der Waals surface area contributed by atoms with Crippen LogP contribution >= 0.6 is 34.2 Å². The lowest BCUT2D eigenvalue weighted by molar-refractivity contribution is 1.28. The molecule has 0 saturated heterocycles. The van der Waals surface area contributed by atoms with Gasteiger partial charge in [-0.25, -0.2) is 4.98 Å². The smallest absolute Gasteiger partial charge is 0.145 e. The van der Waals surface area contributed by atoms with Gasteiger partial charge in [-0.3, -0.25) is 0 Å². The molecule has 0 radical (unpaired) electrons. The quantitative estimate of drug-likeness (QED) is 0.791. The van der Waals surface area contributed by atoms with Crippen LogP contribution in [-0.2, 0) is 0 Å². The third-order valence-electron chi connectivity index (χ3n) is 1.08. The first-order valence-electron chi connectivity index (χ1n) is 2.73. The molecule has 2 nitrogen and oxygen atoms in total. The summed E-state index contributed by atoms with van der Waals surface area (Å²) in [6, 6.07) is 1.86. The van der Waals surface area contributed by atoms with Gasteiger partial charge < -0.3 is 5.32 Å². The van der Waals surface area contributed by atoms with E-state index in [1.165, 1.54) is 0 Å². The lowest BCUT2D eigenvalue weighted by Crippen LogP contribution is -1.93. The Kier molecular flexibility index (Phi) is 2.73. The van der Waals surface area contributed by atoms with Crippen molar-refractivity contribution in [2.45, 2.75) is 0 Å². The molecule has 0 amide bonds. The fourth-order valence-electron chi connectivity index (χ4n) is 0.594. The second kappa shape index (κ2) is 3.39. The van der Waals surface area contributed by atoms with Crippen LogP contribution in [0, 0.1) is 3.57 Å². The van der Waals surface area contributed by atoms with Gasteiger partial charge in [0.05, 0.1) is 5.02 Å². The number of halogens is 2. The molecule has 0 atom stereocenters. The Morgan fingerprint density at radius 2 is 2.40 bits per heavy atom. The highest BCUT2D eigenvalue weighted by molar-refractivity contribution is 14.1. The van der Waals surface area contributed by atoms with E-state index in [9.17, 15) is 0 Å². The van der Waals surface area contributed by atoms with Gasteiger partial charge in [-0.2, -0.15) is 0 Å². The Morgan fingerprint density at radius 3 is 2.90 bits per heavy atom. The molecular formula is C6H6ClIN2. The lowest BCUT2D eigenvalue weighted by Gasteiger charge is -2.01. The molecule has 10 heavy (non-hydrogen) atoms. The number of nitrogens with one attached hydrogen (secondary N) is 1. The first-order valence-corrected chi connectivity index (χ1v) is 4.19. The van der Waals surface area contributed by atoms with Gasteiger partial charge in [0.2, 0.25) is 0 Å². The Balaban J connectivity index is 3.14. The van der Waals surface area contributed by atoms with E-state index in [-0.39, 0.29) is 0 Å². The minimum absolute atomic E-state index is 0.686. The molecular weight excluding hydrogens is 262 g/mol. The number of aromatic nitrogens is 1. The van der Waals surface area contributed by atoms with Gasteiger partial charge in [0.15, 0.2) is 0 Å². The Bertz CT molecular complexity index is 239. The van der Waals surface area contributed by atoms with Gasteiger partial charge in [-0.1, -0.05) is 11.6 Å². The number of anilines is 1. The van der Waals surface area contributed by atoms with Crippen molar-refractivity contribution < 1.29 is 0 Å². The molecule has 0 saturated carbocycles. The average Bonchev–Trinajstić information content (AvgIpc) is 1.95. The van der Waals surface area contributed by atoms with Crippen LogP contribution in [0.1, 0.15) is 0 Å². The zero-order valence-corrected chi connectivity index (χ0v) is 8.27. The predicted molar refractivity (Wildman–Crippen MR) is 51.5 cm³/mol. The van der Waals surface area contributed by atoms with Crippen LogP contribution < -0.4 is 5.32 Å². The number of pyridine rings is 1. The molecule has 1 N–H and O–H groups in total. The van der Waals surface area contributed by atoms with Crippen LogP contribution in [0.2, 0.25) is 5.02 Å². The van der Waals surface area contributed by atoms with Crippen molar-refractivity contribution in [3.63, 3.8) is 0 Å². The van der Waals surface area contributed by atoms with Crippen molar-refractivity contribution in [2.24, 2.45) is 0 Å². The Hall–Kier alpha value is -0.0300. The number of hydrogen-bond donors (Lipinski definition) is 1. The van der Waals surface area contributed by atoms with Crippen molar-refractivity contribution >= 4 is 40.0 Å². The molecule has 0 spiro atoms. The molecule has 0 aliphatic heterocycles. The lowest BCUT2D eigenvalue weighted by atomic mass is 10.5. The molecule has 1 aromatic rings. The van der Waals surface area contributed by atoms with Crippen molar-refractivity contribution in [1.82, 2.24) is 4.98 Å². The van der Waals surface area contributed by atoms with Crippen molar-refractivity contribution in [1.29, 1.82) is 0 Å². The van der Waals surface area contributed by atoms with Gasteiger partial charge >= 0.3 is 0 Å². The molecule has 0 aliphatic carbocycles. The molecule has 1 rings (SSSR count). The third kappa shape index (κ3) is 1.52. The number of nitrogens with zero attached hydrogens (tertiary/aromatic N) is 1. The summed E-state index contributed by atoms with van der Waals surface area (Å²) in [6.07, 6.45) is 1.72. The summed E-state index contributed by atoms with van der Waals surface area (Å²) in [6.45, 7) is 0. The summed E-state index contributed by atoms with van der Waals surface area (Å²) in [5, 5.41) is 3.57. The number of rotatable bonds is 1. The van der Waals surface area contributed by atoms with E-state index in [4.69, 9.17) is 11.6 Å². The van der Waals surface area contributed by atoms with Crippen LogP contribution in [0.15, 0.2) is 12.3 Å². The van der Waals surface area contributed by atoms with Gasteiger partial charge in [-0.15, -0.1) is 0 Å². The van der Waals surface area contributed by atoms with E-state index < -0.39 is 0 Å². The minimum Gasteiger partial charge on any atom is -0.372 e.